The molecule has 0 aliphatic heterocycles. The highest BCUT2D eigenvalue weighted by atomic mass is 15.4. The molecule has 0 spiro atoms. The lowest BCUT2D eigenvalue weighted by molar-refractivity contribution is 0.0700. The van der Waals surface area contributed by atoms with Crippen LogP contribution in [0.3, 0.4) is 0 Å². The van der Waals surface area contributed by atoms with Gasteiger partial charge in [0.2, 0.25) is 0 Å². The van der Waals surface area contributed by atoms with Gasteiger partial charge in [0.15, 0.2) is 0 Å². The Morgan fingerprint density at radius 1 is 1.04 bits per heavy atom. The fourth-order valence-corrected chi connectivity index (χ4v) is 5.60. The van der Waals surface area contributed by atoms with E-state index in [1.807, 2.05) is 29.1 Å². The molecule has 1 aromatic carbocycles. The van der Waals surface area contributed by atoms with Crippen LogP contribution in [-0.2, 0) is 0 Å². The second kappa shape index (κ2) is 5.31. The molecule has 1 aromatic heterocycles. The van der Waals surface area contributed by atoms with Crippen LogP contribution in [0.4, 0.5) is 0 Å². The third kappa shape index (κ3) is 2.04. The van der Waals surface area contributed by atoms with E-state index in [9.17, 15) is 5.26 Å². The number of allylic oxidation sites excluding steroid dienone is 1. The Morgan fingerprint density at radius 3 is 2.38 bits per heavy atom. The normalized spacial score (nSPS) is 30.4. The smallest absolute Gasteiger partial charge is 0.0998 e. The molecule has 4 heteroatoms. The Hall–Kier alpha value is -2.41. The summed E-state index contributed by atoms with van der Waals surface area (Å²) in [5.74, 6) is 3.15. The Morgan fingerprint density at radius 2 is 1.75 bits per heavy atom. The Labute approximate surface area is 141 Å². The van der Waals surface area contributed by atoms with Gasteiger partial charge in [-0.15, -0.1) is 5.10 Å². The van der Waals surface area contributed by atoms with E-state index in [0.717, 1.165) is 28.7 Å². The summed E-state index contributed by atoms with van der Waals surface area (Å²) >= 11 is 0. The van der Waals surface area contributed by atoms with Crippen molar-refractivity contribution in [2.24, 2.45) is 23.7 Å². The summed E-state index contributed by atoms with van der Waals surface area (Å²) in [7, 11) is 0. The molecule has 4 saturated carbocycles. The number of hydrogen-bond acceptors (Lipinski definition) is 3. The van der Waals surface area contributed by atoms with E-state index in [4.69, 9.17) is 0 Å². The number of nitrogens with zero attached hydrogens (tertiary/aromatic N) is 4. The van der Waals surface area contributed by atoms with Crippen LogP contribution >= 0.6 is 0 Å². The van der Waals surface area contributed by atoms with E-state index in [1.54, 1.807) is 6.20 Å². The predicted octanol–water partition coefficient (Wildman–Crippen LogP) is 3.87. The highest BCUT2D eigenvalue weighted by molar-refractivity contribution is 5.73. The standard InChI is InChI=1S/C20H20N4/c21-12-15-3-1-2-4-18(15)20(24-6-5-22-23-24)19-16-8-13-7-14(10-16)11-17(19)9-13/h1-6,13-14,16-17H,7-11H2. The number of aromatic nitrogens is 3. The molecule has 4 aliphatic carbocycles. The molecule has 0 unspecified atom stereocenters. The molecule has 6 rings (SSSR count). The summed E-state index contributed by atoms with van der Waals surface area (Å²) in [5.41, 5.74) is 4.39. The Kier molecular flexibility index (Phi) is 3.09. The Bertz CT molecular complexity index is 811. The van der Waals surface area contributed by atoms with Crippen molar-refractivity contribution >= 4 is 5.70 Å². The van der Waals surface area contributed by atoms with E-state index in [2.05, 4.69) is 22.4 Å². The van der Waals surface area contributed by atoms with Crippen molar-refractivity contribution in [2.45, 2.75) is 32.1 Å². The second-order valence-electron chi connectivity index (χ2n) is 7.61. The number of nitriles is 1. The molecular formula is C20H20N4. The molecular weight excluding hydrogens is 296 g/mol. The fraction of sp³-hybridized carbons (Fsp3) is 0.450. The molecule has 4 nitrogen and oxygen atoms in total. The molecule has 4 bridgehead atoms. The van der Waals surface area contributed by atoms with Crippen LogP contribution in [0.5, 0.6) is 0 Å². The van der Waals surface area contributed by atoms with Crippen molar-refractivity contribution < 1.29 is 0 Å². The van der Waals surface area contributed by atoms with Gasteiger partial charge in [-0.25, -0.2) is 4.68 Å². The SMILES string of the molecule is N#Cc1ccccc1C(=C1C2CC3CC(C2)CC1C3)n1ccnn1. The topological polar surface area (TPSA) is 54.5 Å². The largest absolute Gasteiger partial charge is 0.220 e. The van der Waals surface area contributed by atoms with Gasteiger partial charge in [-0.2, -0.15) is 5.26 Å². The summed E-state index contributed by atoms with van der Waals surface area (Å²) < 4.78 is 1.90. The zero-order valence-electron chi connectivity index (χ0n) is 13.6. The molecule has 24 heavy (non-hydrogen) atoms. The average Bonchev–Trinajstić information content (AvgIpc) is 3.11. The zero-order valence-corrected chi connectivity index (χ0v) is 13.6. The van der Waals surface area contributed by atoms with Gasteiger partial charge in [0.1, 0.15) is 0 Å². The molecule has 0 N–H and O–H groups in total. The van der Waals surface area contributed by atoms with Crippen molar-refractivity contribution in [1.82, 2.24) is 15.0 Å². The quantitative estimate of drug-likeness (QED) is 0.845. The van der Waals surface area contributed by atoms with E-state index in [-0.39, 0.29) is 0 Å². The number of hydrogen-bond donors (Lipinski definition) is 0. The van der Waals surface area contributed by atoms with Gasteiger partial charge in [0.25, 0.3) is 0 Å². The third-order valence-electron chi connectivity index (χ3n) is 6.25. The van der Waals surface area contributed by atoms with E-state index in [1.165, 1.54) is 37.7 Å². The maximum atomic E-state index is 9.60. The van der Waals surface area contributed by atoms with Crippen molar-refractivity contribution in [3.05, 3.63) is 53.4 Å². The van der Waals surface area contributed by atoms with E-state index in [0.29, 0.717) is 11.8 Å². The minimum atomic E-state index is 0.659. The molecule has 2 aromatic rings. The predicted molar refractivity (Wildman–Crippen MR) is 90.5 cm³/mol. The van der Waals surface area contributed by atoms with Gasteiger partial charge < -0.3 is 0 Å². The summed E-state index contributed by atoms with van der Waals surface area (Å²) in [6.07, 6.45) is 10.3. The fourth-order valence-electron chi connectivity index (χ4n) is 5.60. The lowest BCUT2D eigenvalue weighted by Gasteiger charge is -2.52. The Balaban J connectivity index is 1.75. The van der Waals surface area contributed by atoms with Gasteiger partial charge in [0, 0.05) is 5.56 Å². The van der Waals surface area contributed by atoms with Crippen LogP contribution in [0.2, 0.25) is 0 Å². The van der Waals surface area contributed by atoms with Crippen LogP contribution in [0.15, 0.2) is 42.2 Å². The van der Waals surface area contributed by atoms with E-state index < -0.39 is 0 Å². The lowest BCUT2D eigenvalue weighted by Crippen LogP contribution is -2.41. The molecule has 0 amide bonds. The molecule has 0 radical (unpaired) electrons. The molecule has 4 fully saturated rings. The van der Waals surface area contributed by atoms with Gasteiger partial charge in [-0.05, 0) is 67.4 Å². The molecule has 120 valence electrons. The van der Waals surface area contributed by atoms with Crippen LogP contribution in [0, 0.1) is 35.0 Å². The first-order valence-electron chi connectivity index (χ1n) is 8.93. The monoisotopic (exact) mass is 316 g/mol. The van der Waals surface area contributed by atoms with Gasteiger partial charge in [-0.1, -0.05) is 23.4 Å². The van der Waals surface area contributed by atoms with Crippen LogP contribution < -0.4 is 0 Å². The van der Waals surface area contributed by atoms with Crippen LogP contribution in [-0.4, -0.2) is 15.0 Å². The van der Waals surface area contributed by atoms with Gasteiger partial charge in [-0.3, -0.25) is 0 Å². The average molecular weight is 316 g/mol. The second-order valence-corrected chi connectivity index (χ2v) is 7.61. The van der Waals surface area contributed by atoms with E-state index >= 15 is 0 Å². The first kappa shape index (κ1) is 14.0. The minimum absolute atomic E-state index is 0.659. The van der Waals surface area contributed by atoms with Gasteiger partial charge in [0.05, 0.1) is 29.7 Å². The molecule has 4 aliphatic rings. The molecule has 0 atom stereocenters. The highest BCUT2D eigenvalue weighted by Gasteiger charge is 2.46. The van der Waals surface area contributed by atoms with Crippen LogP contribution in [0.25, 0.3) is 5.70 Å². The summed E-state index contributed by atoms with van der Waals surface area (Å²) in [6, 6.07) is 10.3. The first-order valence-corrected chi connectivity index (χ1v) is 8.93. The molecule has 1 heterocycles. The van der Waals surface area contributed by atoms with Crippen molar-refractivity contribution in [2.75, 3.05) is 0 Å². The first-order chi connectivity index (χ1) is 11.8. The number of rotatable bonds is 2. The zero-order chi connectivity index (χ0) is 16.1. The number of benzene rings is 1. The van der Waals surface area contributed by atoms with Crippen molar-refractivity contribution in [3.8, 4) is 6.07 Å². The summed E-state index contributed by atoms with van der Waals surface area (Å²) in [5, 5.41) is 17.9. The lowest BCUT2D eigenvalue weighted by atomic mass is 9.53. The maximum Gasteiger partial charge on any atom is 0.0998 e. The summed E-state index contributed by atoms with van der Waals surface area (Å²) in [4.78, 5) is 0. The maximum absolute atomic E-state index is 9.60. The highest BCUT2D eigenvalue weighted by Crippen LogP contribution is 2.58. The third-order valence-corrected chi connectivity index (χ3v) is 6.25. The minimum Gasteiger partial charge on any atom is -0.220 e. The molecule has 0 saturated heterocycles. The van der Waals surface area contributed by atoms with Crippen LogP contribution in [0.1, 0.15) is 43.2 Å². The summed E-state index contributed by atoms with van der Waals surface area (Å²) in [6.45, 7) is 0. The van der Waals surface area contributed by atoms with Crippen molar-refractivity contribution in [1.29, 1.82) is 5.26 Å². The van der Waals surface area contributed by atoms with Crippen molar-refractivity contribution in [3.63, 3.8) is 0 Å². The van der Waals surface area contributed by atoms with Gasteiger partial charge >= 0.3 is 0 Å².